The van der Waals surface area contributed by atoms with E-state index in [2.05, 4.69) is 0 Å². The first-order valence-corrected chi connectivity index (χ1v) is 5.68. The summed E-state index contributed by atoms with van der Waals surface area (Å²) in [5.74, 6) is -2.94. The maximum atomic E-state index is 11.9. The normalized spacial score (nSPS) is 24.5. The van der Waals surface area contributed by atoms with Crippen LogP contribution in [0.1, 0.15) is 34.6 Å². The molecule has 0 aromatic heterocycles. The van der Waals surface area contributed by atoms with Gasteiger partial charge in [0.25, 0.3) is 0 Å². The van der Waals surface area contributed by atoms with Crippen molar-refractivity contribution in [1.82, 2.24) is 0 Å². The smallest absolute Gasteiger partial charge is 0.180 e. The summed E-state index contributed by atoms with van der Waals surface area (Å²) in [6.07, 6.45) is 0. The highest BCUT2D eigenvalue weighted by Gasteiger charge is 2.48. The Kier molecular flexibility index (Phi) is 3.28. The number of hydrogen-bond donors (Lipinski definition) is 1. The Hall–Kier alpha value is -1.45. The highest BCUT2D eigenvalue weighted by molar-refractivity contribution is 6.28. The number of allylic oxidation sites excluding steroid dienone is 2. The zero-order chi connectivity index (χ0) is 13.5. The van der Waals surface area contributed by atoms with E-state index >= 15 is 0 Å². The van der Waals surface area contributed by atoms with Gasteiger partial charge in [0.05, 0.1) is 11.3 Å². The molecule has 1 unspecified atom stereocenters. The lowest BCUT2D eigenvalue weighted by molar-refractivity contribution is -0.138. The van der Waals surface area contributed by atoms with Crippen LogP contribution in [-0.2, 0) is 14.4 Å². The van der Waals surface area contributed by atoms with Crippen LogP contribution in [0.2, 0.25) is 0 Å². The largest absolute Gasteiger partial charge is 0.510 e. The van der Waals surface area contributed by atoms with Gasteiger partial charge in [-0.15, -0.1) is 0 Å². The highest BCUT2D eigenvalue weighted by Crippen LogP contribution is 2.37. The van der Waals surface area contributed by atoms with Crippen LogP contribution in [0.4, 0.5) is 0 Å². The van der Waals surface area contributed by atoms with E-state index in [0.717, 1.165) is 0 Å². The van der Waals surface area contributed by atoms with Crippen LogP contribution in [0.3, 0.4) is 0 Å². The molecule has 0 aromatic carbocycles. The van der Waals surface area contributed by atoms with Crippen LogP contribution in [0, 0.1) is 17.3 Å². The second-order valence-corrected chi connectivity index (χ2v) is 5.32. The maximum Gasteiger partial charge on any atom is 0.180 e. The Morgan fingerprint density at radius 3 is 2.18 bits per heavy atom. The van der Waals surface area contributed by atoms with Crippen molar-refractivity contribution in [3.8, 4) is 0 Å². The molecule has 0 aliphatic heterocycles. The molecule has 1 atom stereocenters. The van der Waals surface area contributed by atoms with E-state index in [4.69, 9.17) is 0 Å². The van der Waals surface area contributed by atoms with E-state index in [1.165, 1.54) is 20.8 Å². The molecule has 0 bridgehead atoms. The third-order valence-electron chi connectivity index (χ3n) is 3.25. The fourth-order valence-electron chi connectivity index (χ4n) is 1.95. The summed E-state index contributed by atoms with van der Waals surface area (Å²) in [4.78, 5) is 35.7. The van der Waals surface area contributed by atoms with Gasteiger partial charge in [-0.2, -0.15) is 0 Å². The van der Waals surface area contributed by atoms with Gasteiger partial charge in [0, 0.05) is 5.92 Å². The summed E-state index contributed by atoms with van der Waals surface area (Å²) in [6.45, 7) is 7.85. The number of carbonyl (C=O) groups is 3. The van der Waals surface area contributed by atoms with Crippen molar-refractivity contribution in [2.75, 3.05) is 0 Å². The fourth-order valence-corrected chi connectivity index (χ4v) is 1.95. The van der Waals surface area contributed by atoms with Crippen molar-refractivity contribution in [2.45, 2.75) is 34.6 Å². The van der Waals surface area contributed by atoms with Crippen molar-refractivity contribution in [2.24, 2.45) is 17.3 Å². The minimum atomic E-state index is -1.16. The number of Topliss-reactive ketones (excluding diaryl/α,β-unsaturated/α-hetero) is 3. The lowest BCUT2D eigenvalue weighted by Gasteiger charge is -2.32. The van der Waals surface area contributed by atoms with E-state index in [1.807, 2.05) is 0 Å². The Morgan fingerprint density at radius 2 is 1.76 bits per heavy atom. The van der Waals surface area contributed by atoms with E-state index in [0.29, 0.717) is 0 Å². The van der Waals surface area contributed by atoms with Crippen molar-refractivity contribution in [1.29, 1.82) is 0 Å². The first-order valence-electron chi connectivity index (χ1n) is 5.68. The average Bonchev–Trinajstić information content (AvgIpc) is 2.24. The van der Waals surface area contributed by atoms with Gasteiger partial charge in [0.1, 0.15) is 11.3 Å². The Balaban J connectivity index is 3.44. The molecule has 0 fully saturated rings. The first kappa shape index (κ1) is 13.6. The minimum absolute atomic E-state index is 0.197. The quantitative estimate of drug-likeness (QED) is 0.588. The molecular weight excluding hydrogens is 220 g/mol. The lowest BCUT2D eigenvalue weighted by Crippen LogP contribution is -2.44. The highest BCUT2D eigenvalue weighted by atomic mass is 16.3. The van der Waals surface area contributed by atoms with Crippen LogP contribution in [-0.4, -0.2) is 22.5 Å². The molecule has 0 heterocycles. The topological polar surface area (TPSA) is 71.4 Å². The standard InChI is InChI=1S/C13H18O4/c1-6(2)9(14)8-10(15)7(3)11(16)13(4,5)12(8)17/h6-7,17H,1-5H3. The molecule has 0 spiro atoms. The molecule has 94 valence electrons. The first-order chi connectivity index (χ1) is 7.62. The van der Waals surface area contributed by atoms with Crippen LogP contribution in [0.15, 0.2) is 11.3 Å². The second-order valence-electron chi connectivity index (χ2n) is 5.32. The maximum absolute atomic E-state index is 11.9. The van der Waals surface area contributed by atoms with E-state index in [9.17, 15) is 19.5 Å². The van der Waals surface area contributed by atoms with Gasteiger partial charge in [0.15, 0.2) is 17.3 Å². The second kappa shape index (κ2) is 4.09. The fraction of sp³-hybridized carbons (Fsp3) is 0.615. The summed E-state index contributed by atoms with van der Waals surface area (Å²) in [7, 11) is 0. The molecule has 0 aromatic rings. The Morgan fingerprint density at radius 1 is 1.29 bits per heavy atom. The zero-order valence-corrected chi connectivity index (χ0v) is 10.8. The molecule has 17 heavy (non-hydrogen) atoms. The van der Waals surface area contributed by atoms with Gasteiger partial charge in [0.2, 0.25) is 0 Å². The Labute approximate surface area is 101 Å². The van der Waals surface area contributed by atoms with E-state index in [-0.39, 0.29) is 23.0 Å². The third-order valence-corrected chi connectivity index (χ3v) is 3.25. The van der Waals surface area contributed by atoms with Gasteiger partial charge in [-0.05, 0) is 20.8 Å². The molecule has 4 heteroatoms. The average molecular weight is 238 g/mol. The number of rotatable bonds is 2. The summed E-state index contributed by atoms with van der Waals surface area (Å²) in [5.41, 5.74) is -1.36. The van der Waals surface area contributed by atoms with Crippen LogP contribution < -0.4 is 0 Å². The SMILES string of the molecule is CC(C)C(=O)C1=C(O)C(C)(C)C(=O)C(C)C1=O. The van der Waals surface area contributed by atoms with E-state index < -0.39 is 22.9 Å². The number of aliphatic hydroxyl groups is 1. The van der Waals surface area contributed by atoms with E-state index in [1.54, 1.807) is 13.8 Å². The molecule has 1 N–H and O–H groups in total. The van der Waals surface area contributed by atoms with Gasteiger partial charge in [-0.1, -0.05) is 13.8 Å². The lowest BCUT2D eigenvalue weighted by atomic mass is 9.69. The van der Waals surface area contributed by atoms with Crippen molar-refractivity contribution < 1.29 is 19.5 Å². The summed E-state index contributed by atoms with van der Waals surface area (Å²) < 4.78 is 0. The summed E-state index contributed by atoms with van der Waals surface area (Å²) in [6, 6.07) is 0. The predicted octanol–water partition coefficient (Wildman–Crippen LogP) is 1.84. The monoisotopic (exact) mass is 238 g/mol. The number of ketones is 3. The zero-order valence-electron chi connectivity index (χ0n) is 10.8. The number of hydrogen-bond acceptors (Lipinski definition) is 4. The molecule has 0 radical (unpaired) electrons. The molecule has 1 rings (SSSR count). The van der Waals surface area contributed by atoms with Crippen molar-refractivity contribution in [3.05, 3.63) is 11.3 Å². The predicted molar refractivity (Wildman–Crippen MR) is 62.5 cm³/mol. The molecule has 4 nitrogen and oxygen atoms in total. The van der Waals surface area contributed by atoms with Crippen molar-refractivity contribution >= 4 is 17.3 Å². The number of aliphatic hydroxyl groups excluding tert-OH is 1. The van der Waals surface area contributed by atoms with Crippen LogP contribution >= 0.6 is 0 Å². The van der Waals surface area contributed by atoms with Gasteiger partial charge >= 0.3 is 0 Å². The third kappa shape index (κ3) is 1.92. The summed E-state index contributed by atoms with van der Waals surface area (Å²) in [5, 5.41) is 9.99. The molecule has 0 amide bonds. The molecule has 1 aliphatic carbocycles. The van der Waals surface area contributed by atoms with Crippen LogP contribution in [0.25, 0.3) is 0 Å². The molecule has 0 saturated carbocycles. The van der Waals surface area contributed by atoms with Crippen LogP contribution in [0.5, 0.6) is 0 Å². The van der Waals surface area contributed by atoms with Gasteiger partial charge < -0.3 is 5.11 Å². The Bertz CT molecular complexity index is 427. The minimum Gasteiger partial charge on any atom is -0.510 e. The molecule has 0 saturated heterocycles. The summed E-state index contributed by atoms with van der Waals surface area (Å²) >= 11 is 0. The molecule has 1 aliphatic rings. The molecular formula is C13H18O4. The van der Waals surface area contributed by atoms with Crippen molar-refractivity contribution in [3.63, 3.8) is 0 Å². The van der Waals surface area contributed by atoms with Gasteiger partial charge in [-0.25, -0.2) is 0 Å². The van der Waals surface area contributed by atoms with Gasteiger partial charge in [-0.3, -0.25) is 14.4 Å². The number of carbonyl (C=O) groups excluding carboxylic acids is 3.